The van der Waals surface area contributed by atoms with Gasteiger partial charge in [0.2, 0.25) is 0 Å². The van der Waals surface area contributed by atoms with Gasteiger partial charge in [-0.2, -0.15) is 0 Å². The molecule has 72 valence electrons. The first-order valence-electron chi connectivity index (χ1n) is 3.84. The van der Waals surface area contributed by atoms with E-state index in [1.807, 2.05) is 0 Å². The minimum atomic E-state index is -1.66. The molecular weight excluding hydrogens is 183 g/mol. The van der Waals surface area contributed by atoms with Crippen LogP contribution in [0, 0.1) is 11.3 Å². The number of hydrogen-bond acceptors (Lipinski definition) is 2. The molecule has 0 rings (SSSR count). The van der Waals surface area contributed by atoms with Gasteiger partial charge in [0, 0.05) is 0 Å². The number of aliphatic carboxylic acids is 2. The zero-order chi connectivity index (χ0) is 9.94. The van der Waals surface area contributed by atoms with Gasteiger partial charge in [-0.15, -0.1) is 0 Å². The van der Waals surface area contributed by atoms with E-state index in [1.54, 1.807) is 13.8 Å². The Kier molecular flexibility index (Phi) is 6.67. The number of carboxylic acid groups (broad SMARTS) is 2. The quantitative estimate of drug-likeness (QED) is 0.511. The average molecular weight is 198 g/mol. The molecule has 0 aromatic rings. The Labute approximate surface area is 99.6 Å². The van der Waals surface area contributed by atoms with Crippen molar-refractivity contribution in [2.45, 2.75) is 27.2 Å². The van der Waals surface area contributed by atoms with Gasteiger partial charge in [-0.05, 0) is 12.8 Å². The summed E-state index contributed by atoms with van der Waals surface area (Å²) in [5.41, 5.74) is -1.66. The van der Waals surface area contributed by atoms with Gasteiger partial charge in [0.15, 0.2) is 5.41 Å². The third kappa shape index (κ3) is 2.97. The SMILES string of the molecule is CCC(C)C(C)(C(=O)O)C(=O)O.[NaH]. The second-order valence-electron chi connectivity index (χ2n) is 3.12. The van der Waals surface area contributed by atoms with Gasteiger partial charge >= 0.3 is 41.5 Å². The minimum absolute atomic E-state index is 0. The summed E-state index contributed by atoms with van der Waals surface area (Å²) in [4.78, 5) is 21.4. The van der Waals surface area contributed by atoms with Crippen molar-refractivity contribution in [3.05, 3.63) is 0 Å². The molecule has 0 aromatic carbocycles. The molecule has 1 atom stereocenters. The van der Waals surface area contributed by atoms with E-state index in [0.717, 1.165) is 0 Å². The van der Waals surface area contributed by atoms with Crippen LogP contribution < -0.4 is 0 Å². The molecule has 0 fully saturated rings. The standard InChI is InChI=1S/C8H14O4.Na.H/c1-4-5(2)8(3,6(9)10)7(11)12;;/h5H,4H2,1-3H3,(H,9,10)(H,11,12);;. The Balaban J connectivity index is 0. The first-order chi connectivity index (χ1) is 5.37. The molecule has 2 N–H and O–H groups in total. The monoisotopic (exact) mass is 198 g/mol. The van der Waals surface area contributed by atoms with Crippen LogP contribution in [0.2, 0.25) is 0 Å². The molecule has 0 spiro atoms. The molecule has 0 aromatic heterocycles. The molecule has 0 radical (unpaired) electrons. The molecule has 0 bridgehead atoms. The van der Waals surface area contributed by atoms with E-state index >= 15 is 0 Å². The van der Waals surface area contributed by atoms with Crippen molar-refractivity contribution in [3.8, 4) is 0 Å². The summed E-state index contributed by atoms with van der Waals surface area (Å²) in [5, 5.41) is 17.4. The summed E-state index contributed by atoms with van der Waals surface area (Å²) in [7, 11) is 0. The maximum atomic E-state index is 10.7. The molecule has 0 aliphatic heterocycles. The summed E-state index contributed by atoms with van der Waals surface area (Å²) >= 11 is 0. The molecule has 13 heavy (non-hydrogen) atoms. The number of carbonyl (C=O) groups is 2. The van der Waals surface area contributed by atoms with Crippen LogP contribution in [0.4, 0.5) is 0 Å². The van der Waals surface area contributed by atoms with Gasteiger partial charge in [0.25, 0.3) is 0 Å². The summed E-state index contributed by atoms with van der Waals surface area (Å²) in [6, 6.07) is 0. The van der Waals surface area contributed by atoms with E-state index in [9.17, 15) is 9.59 Å². The third-order valence-electron chi connectivity index (χ3n) is 2.49. The third-order valence-corrected chi connectivity index (χ3v) is 2.49. The Morgan fingerprint density at radius 3 is 1.69 bits per heavy atom. The molecule has 0 aliphatic rings. The van der Waals surface area contributed by atoms with Crippen molar-refractivity contribution < 1.29 is 19.8 Å². The Morgan fingerprint density at radius 1 is 1.31 bits per heavy atom. The van der Waals surface area contributed by atoms with Crippen LogP contribution in [0.3, 0.4) is 0 Å². The second kappa shape index (κ2) is 5.62. The van der Waals surface area contributed by atoms with Gasteiger partial charge in [-0.25, -0.2) is 0 Å². The molecule has 0 saturated carbocycles. The first kappa shape index (κ1) is 15.4. The molecule has 4 nitrogen and oxygen atoms in total. The van der Waals surface area contributed by atoms with Crippen molar-refractivity contribution in [2.75, 3.05) is 0 Å². The van der Waals surface area contributed by atoms with Crippen LogP contribution in [0.15, 0.2) is 0 Å². The number of rotatable bonds is 4. The number of hydrogen-bond donors (Lipinski definition) is 2. The van der Waals surface area contributed by atoms with E-state index in [0.29, 0.717) is 6.42 Å². The number of carboxylic acids is 2. The molecule has 0 heterocycles. The fourth-order valence-corrected chi connectivity index (χ4v) is 0.921. The van der Waals surface area contributed by atoms with E-state index in [4.69, 9.17) is 10.2 Å². The first-order valence-corrected chi connectivity index (χ1v) is 3.84. The van der Waals surface area contributed by atoms with Gasteiger partial charge < -0.3 is 10.2 Å². The van der Waals surface area contributed by atoms with Crippen LogP contribution in [-0.2, 0) is 9.59 Å². The summed E-state index contributed by atoms with van der Waals surface area (Å²) < 4.78 is 0. The van der Waals surface area contributed by atoms with E-state index in [2.05, 4.69) is 0 Å². The molecule has 5 heteroatoms. The molecule has 0 saturated heterocycles. The van der Waals surface area contributed by atoms with Crippen molar-refractivity contribution in [1.82, 2.24) is 0 Å². The van der Waals surface area contributed by atoms with Gasteiger partial charge in [0.1, 0.15) is 0 Å². The fraction of sp³-hybridized carbons (Fsp3) is 0.750. The van der Waals surface area contributed by atoms with E-state index in [-0.39, 0.29) is 35.5 Å². The topological polar surface area (TPSA) is 74.6 Å². The van der Waals surface area contributed by atoms with Gasteiger partial charge in [-0.3, -0.25) is 9.59 Å². The fourth-order valence-electron chi connectivity index (χ4n) is 0.921. The van der Waals surface area contributed by atoms with E-state index in [1.165, 1.54) is 6.92 Å². The Bertz CT molecular complexity index is 188. The zero-order valence-electron chi connectivity index (χ0n) is 7.50. The van der Waals surface area contributed by atoms with Crippen molar-refractivity contribution in [1.29, 1.82) is 0 Å². The normalized spacial score (nSPS) is 12.8. The average Bonchev–Trinajstić information content (AvgIpc) is 2.00. The molecule has 1 unspecified atom stereocenters. The molecule has 0 aliphatic carbocycles. The predicted molar refractivity (Wildman–Crippen MR) is 50.0 cm³/mol. The van der Waals surface area contributed by atoms with Crippen LogP contribution in [0.5, 0.6) is 0 Å². The Hall–Kier alpha value is -0.0600. The van der Waals surface area contributed by atoms with Crippen LogP contribution >= 0.6 is 0 Å². The van der Waals surface area contributed by atoms with Crippen molar-refractivity contribution >= 4 is 41.5 Å². The zero-order valence-corrected chi connectivity index (χ0v) is 7.50. The maximum absolute atomic E-state index is 10.7. The van der Waals surface area contributed by atoms with Crippen LogP contribution in [0.1, 0.15) is 27.2 Å². The van der Waals surface area contributed by atoms with E-state index < -0.39 is 17.4 Å². The molecular formula is C8H15NaO4. The summed E-state index contributed by atoms with van der Waals surface area (Å²) in [6.07, 6.45) is 0.537. The van der Waals surface area contributed by atoms with Crippen molar-refractivity contribution in [3.63, 3.8) is 0 Å². The van der Waals surface area contributed by atoms with Crippen LogP contribution in [-0.4, -0.2) is 51.7 Å². The van der Waals surface area contributed by atoms with Gasteiger partial charge in [-0.1, -0.05) is 20.3 Å². The van der Waals surface area contributed by atoms with Crippen molar-refractivity contribution in [2.24, 2.45) is 11.3 Å². The van der Waals surface area contributed by atoms with Gasteiger partial charge in [0.05, 0.1) is 0 Å². The Morgan fingerprint density at radius 2 is 1.62 bits per heavy atom. The second-order valence-corrected chi connectivity index (χ2v) is 3.12. The predicted octanol–water partition coefficient (Wildman–Crippen LogP) is 0.559. The summed E-state index contributed by atoms with van der Waals surface area (Å²) in [5.74, 6) is -2.92. The van der Waals surface area contributed by atoms with Crippen LogP contribution in [0.25, 0.3) is 0 Å². The summed E-state index contributed by atoms with van der Waals surface area (Å²) in [6.45, 7) is 4.64. The molecule has 0 amide bonds.